The summed E-state index contributed by atoms with van der Waals surface area (Å²) in [5, 5.41) is 11.8. The van der Waals surface area contributed by atoms with Crippen LogP contribution in [0.15, 0.2) is 17.5 Å². The molecule has 1 rings (SSSR count). The molecule has 0 fully saturated rings. The molecule has 3 heteroatoms. The van der Waals surface area contributed by atoms with Crippen molar-refractivity contribution in [3.05, 3.63) is 22.4 Å². The first-order valence-corrected chi connectivity index (χ1v) is 4.51. The van der Waals surface area contributed by atoms with Crippen LogP contribution in [0.3, 0.4) is 0 Å². The van der Waals surface area contributed by atoms with Crippen LogP contribution in [-0.2, 0) is 5.60 Å². The van der Waals surface area contributed by atoms with Crippen LogP contribution in [-0.4, -0.2) is 11.7 Å². The molecule has 0 bridgehead atoms. The maximum absolute atomic E-state index is 9.81. The highest BCUT2D eigenvalue weighted by atomic mass is 32.1. The van der Waals surface area contributed by atoms with Gasteiger partial charge in [0.2, 0.25) is 0 Å². The molecular weight excluding hydrogens is 158 g/mol. The van der Waals surface area contributed by atoms with E-state index >= 15 is 0 Å². The van der Waals surface area contributed by atoms with Crippen molar-refractivity contribution in [1.82, 2.24) is 0 Å². The Bertz CT molecular complexity index is 206. The summed E-state index contributed by atoms with van der Waals surface area (Å²) in [7, 11) is 0. The minimum Gasteiger partial charge on any atom is -0.385 e. The van der Waals surface area contributed by atoms with E-state index in [0.29, 0.717) is 13.0 Å². The van der Waals surface area contributed by atoms with Crippen LogP contribution < -0.4 is 5.73 Å². The van der Waals surface area contributed by atoms with E-state index < -0.39 is 5.60 Å². The van der Waals surface area contributed by atoms with Crippen LogP contribution >= 0.6 is 11.3 Å². The maximum atomic E-state index is 9.81. The fraction of sp³-hybridized carbons (Fsp3) is 0.500. The highest BCUT2D eigenvalue weighted by Crippen LogP contribution is 2.27. The molecule has 0 saturated carbocycles. The highest BCUT2D eigenvalue weighted by molar-refractivity contribution is 7.10. The lowest BCUT2D eigenvalue weighted by Gasteiger charge is -2.20. The predicted molar refractivity (Wildman–Crippen MR) is 47.6 cm³/mol. The van der Waals surface area contributed by atoms with Gasteiger partial charge in [-0.3, -0.25) is 0 Å². The summed E-state index contributed by atoms with van der Waals surface area (Å²) < 4.78 is 0. The summed E-state index contributed by atoms with van der Waals surface area (Å²) in [5.41, 5.74) is 4.63. The summed E-state index contributed by atoms with van der Waals surface area (Å²) in [6, 6.07) is 3.87. The molecule has 2 nitrogen and oxygen atoms in total. The highest BCUT2D eigenvalue weighted by Gasteiger charge is 2.22. The largest absolute Gasteiger partial charge is 0.385 e. The van der Waals surface area contributed by atoms with E-state index in [9.17, 15) is 5.11 Å². The van der Waals surface area contributed by atoms with Crippen molar-refractivity contribution in [2.75, 3.05) is 6.54 Å². The molecule has 0 spiro atoms. The number of aliphatic hydroxyl groups is 1. The molecule has 1 aromatic heterocycles. The van der Waals surface area contributed by atoms with Crippen molar-refractivity contribution < 1.29 is 5.11 Å². The third-order valence-electron chi connectivity index (χ3n) is 1.68. The van der Waals surface area contributed by atoms with Crippen molar-refractivity contribution >= 4 is 11.3 Å². The summed E-state index contributed by atoms with van der Waals surface area (Å²) in [6.45, 7) is 2.32. The molecule has 0 aliphatic heterocycles. The lowest BCUT2D eigenvalue weighted by atomic mass is 10.0. The normalized spacial score (nSPS) is 16.3. The first kappa shape index (κ1) is 8.71. The van der Waals surface area contributed by atoms with Crippen molar-refractivity contribution in [3.8, 4) is 0 Å². The average molecular weight is 171 g/mol. The number of rotatable bonds is 3. The zero-order valence-electron chi connectivity index (χ0n) is 6.58. The van der Waals surface area contributed by atoms with Gasteiger partial charge in [-0.2, -0.15) is 0 Å². The Kier molecular flexibility index (Phi) is 2.65. The second kappa shape index (κ2) is 3.34. The first-order chi connectivity index (χ1) is 5.17. The molecule has 1 heterocycles. The van der Waals surface area contributed by atoms with E-state index in [2.05, 4.69) is 0 Å². The standard InChI is InChI=1S/C8H13NOS/c1-8(10,4-5-9)7-3-2-6-11-7/h2-3,6,10H,4-5,9H2,1H3. The van der Waals surface area contributed by atoms with Gasteiger partial charge in [-0.05, 0) is 31.3 Å². The van der Waals surface area contributed by atoms with Crippen LogP contribution in [0, 0.1) is 0 Å². The Balaban J connectivity index is 2.73. The maximum Gasteiger partial charge on any atom is 0.0971 e. The Morgan fingerprint density at radius 2 is 2.45 bits per heavy atom. The molecule has 1 aromatic rings. The van der Waals surface area contributed by atoms with Gasteiger partial charge < -0.3 is 10.8 Å². The Labute approximate surface area is 70.7 Å². The topological polar surface area (TPSA) is 46.2 Å². The van der Waals surface area contributed by atoms with E-state index in [0.717, 1.165) is 4.88 Å². The van der Waals surface area contributed by atoms with E-state index in [1.54, 1.807) is 18.3 Å². The molecule has 0 aliphatic rings. The van der Waals surface area contributed by atoms with Gasteiger partial charge in [0, 0.05) is 4.88 Å². The lowest BCUT2D eigenvalue weighted by molar-refractivity contribution is 0.0542. The van der Waals surface area contributed by atoms with E-state index in [4.69, 9.17) is 5.73 Å². The number of thiophene rings is 1. The monoisotopic (exact) mass is 171 g/mol. The van der Waals surface area contributed by atoms with E-state index in [-0.39, 0.29) is 0 Å². The smallest absolute Gasteiger partial charge is 0.0971 e. The second-order valence-corrected chi connectivity index (χ2v) is 3.74. The van der Waals surface area contributed by atoms with Gasteiger partial charge in [-0.25, -0.2) is 0 Å². The second-order valence-electron chi connectivity index (χ2n) is 2.79. The molecule has 1 unspecified atom stereocenters. The quantitative estimate of drug-likeness (QED) is 0.720. The number of hydrogen-bond acceptors (Lipinski definition) is 3. The molecule has 1 atom stereocenters. The van der Waals surface area contributed by atoms with E-state index in [1.165, 1.54) is 0 Å². The number of hydrogen-bond donors (Lipinski definition) is 2. The third-order valence-corrected chi connectivity index (χ3v) is 2.81. The van der Waals surface area contributed by atoms with Crippen LogP contribution in [0.25, 0.3) is 0 Å². The zero-order valence-corrected chi connectivity index (χ0v) is 7.40. The van der Waals surface area contributed by atoms with Crippen molar-refractivity contribution in [1.29, 1.82) is 0 Å². The molecule has 3 N–H and O–H groups in total. The third kappa shape index (κ3) is 2.02. The summed E-state index contributed by atoms with van der Waals surface area (Å²) in [6.07, 6.45) is 0.619. The zero-order chi connectivity index (χ0) is 8.32. The Morgan fingerprint density at radius 1 is 1.73 bits per heavy atom. The lowest BCUT2D eigenvalue weighted by Crippen LogP contribution is -2.23. The average Bonchev–Trinajstić information content (AvgIpc) is 2.37. The molecule has 11 heavy (non-hydrogen) atoms. The summed E-state index contributed by atoms with van der Waals surface area (Å²) >= 11 is 1.56. The van der Waals surface area contributed by atoms with Crippen molar-refractivity contribution in [2.45, 2.75) is 18.9 Å². The SMILES string of the molecule is CC(O)(CCN)c1cccs1. The van der Waals surface area contributed by atoms with E-state index in [1.807, 2.05) is 17.5 Å². The van der Waals surface area contributed by atoms with Gasteiger partial charge in [0.05, 0.1) is 5.60 Å². The van der Waals surface area contributed by atoms with Crippen molar-refractivity contribution in [2.24, 2.45) is 5.73 Å². The van der Waals surface area contributed by atoms with Gasteiger partial charge in [-0.1, -0.05) is 6.07 Å². The van der Waals surface area contributed by atoms with Gasteiger partial charge >= 0.3 is 0 Å². The minimum atomic E-state index is -0.733. The summed E-state index contributed by atoms with van der Waals surface area (Å²) in [5.74, 6) is 0. The fourth-order valence-electron chi connectivity index (χ4n) is 0.989. The van der Waals surface area contributed by atoms with Crippen LogP contribution in [0.4, 0.5) is 0 Å². The van der Waals surface area contributed by atoms with Gasteiger partial charge in [-0.15, -0.1) is 11.3 Å². The van der Waals surface area contributed by atoms with Crippen molar-refractivity contribution in [3.63, 3.8) is 0 Å². The number of nitrogens with two attached hydrogens (primary N) is 1. The molecule has 0 aromatic carbocycles. The Hall–Kier alpha value is -0.380. The van der Waals surface area contributed by atoms with Gasteiger partial charge in [0.15, 0.2) is 0 Å². The van der Waals surface area contributed by atoms with Crippen LogP contribution in [0.2, 0.25) is 0 Å². The molecular formula is C8H13NOS. The van der Waals surface area contributed by atoms with Crippen LogP contribution in [0.1, 0.15) is 18.2 Å². The fourth-order valence-corrected chi connectivity index (χ4v) is 1.81. The molecule has 0 radical (unpaired) electrons. The van der Waals surface area contributed by atoms with Gasteiger partial charge in [0.1, 0.15) is 0 Å². The predicted octanol–water partition coefficient (Wildman–Crippen LogP) is 1.30. The molecule has 0 saturated heterocycles. The summed E-state index contributed by atoms with van der Waals surface area (Å²) in [4.78, 5) is 0.989. The molecule has 62 valence electrons. The molecule has 0 amide bonds. The Morgan fingerprint density at radius 3 is 2.91 bits per heavy atom. The van der Waals surface area contributed by atoms with Crippen LogP contribution in [0.5, 0.6) is 0 Å². The molecule has 0 aliphatic carbocycles. The van der Waals surface area contributed by atoms with Gasteiger partial charge in [0.25, 0.3) is 0 Å². The first-order valence-electron chi connectivity index (χ1n) is 3.63. The minimum absolute atomic E-state index is 0.519.